The van der Waals surface area contributed by atoms with E-state index in [-0.39, 0.29) is 23.6 Å². The van der Waals surface area contributed by atoms with Crippen molar-refractivity contribution in [2.24, 2.45) is 0 Å². The molecule has 0 aliphatic carbocycles. The molecule has 7 nitrogen and oxygen atoms in total. The zero-order valence-electron chi connectivity index (χ0n) is 13.5. The highest BCUT2D eigenvalue weighted by Gasteiger charge is 2.19. The molecule has 0 spiro atoms. The molecule has 0 aliphatic heterocycles. The Labute approximate surface area is 149 Å². The summed E-state index contributed by atoms with van der Waals surface area (Å²) in [4.78, 5) is 22.9. The zero-order chi connectivity index (χ0) is 18.2. The van der Waals surface area contributed by atoms with Crippen molar-refractivity contribution < 1.29 is 19.2 Å². The molecule has 25 heavy (non-hydrogen) atoms. The molecule has 2 rings (SSSR count). The SMILES string of the molecule is COc1ccc(NC(=O)c2ccc(OCCCCl)c([N+](=O)[O-])c2)cc1. The van der Waals surface area contributed by atoms with Crippen LogP contribution in [0.4, 0.5) is 11.4 Å². The number of amides is 1. The molecule has 0 unspecified atom stereocenters. The molecule has 0 aliphatic rings. The fourth-order valence-corrected chi connectivity index (χ4v) is 2.15. The second kappa shape index (κ2) is 8.89. The van der Waals surface area contributed by atoms with Gasteiger partial charge in [-0.2, -0.15) is 0 Å². The van der Waals surface area contributed by atoms with Crippen molar-refractivity contribution in [1.82, 2.24) is 0 Å². The number of nitrogens with zero attached hydrogens (tertiary/aromatic N) is 1. The Morgan fingerprint density at radius 3 is 2.56 bits per heavy atom. The van der Waals surface area contributed by atoms with Crippen molar-refractivity contribution in [3.63, 3.8) is 0 Å². The van der Waals surface area contributed by atoms with Gasteiger partial charge in [0.05, 0.1) is 18.6 Å². The van der Waals surface area contributed by atoms with E-state index in [1.165, 1.54) is 18.2 Å². The number of anilines is 1. The molecule has 0 aromatic heterocycles. The number of nitrogens with one attached hydrogen (secondary N) is 1. The van der Waals surface area contributed by atoms with Gasteiger partial charge in [0, 0.05) is 23.2 Å². The average molecular weight is 365 g/mol. The number of alkyl halides is 1. The Hall–Kier alpha value is -2.80. The van der Waals surface area contributed by atoms with Gasteiger partial charge in [0.2, 0.25) is 0 Å². The number of nitro groups is 1. The van der Waals surface area contributed by atoms with Crippen LogP contribution in [0.25, 0.3) is 0 Å². The largest absolute Gasteiger partial charge is 0.497 e. The van der Waals surface area contributed by atoms with Gasteiger partial charge in [0.25, 0.3) is 5.91 Å². The molecular formula is C17H17ClN2O5. The van der Waals surface area contributed by atoms with Crippen molar-refractivity contribution in [1.29, 1.82) is 0 Å². The lowest BCUT2D eigenvalue weighted by molar-refractivity contribution is -0.385. The Morgan fingerprint density at radius 2 is 1.96 bits per heavy atom. The minimum absolute atomic E-state index is 0.108. The third kappa shape index (κ3) is 5.09. The van der Waals surface area contributed by atoms with E-state index in [2.05, 4.69) is 5.32 Å². The van der Waals surface area contributed by atoms with Gasteiger partial charge >= 0.3 is 5.69 Å². The predicted molar refractivity (Wildman–Crippen MR) is 94.9 cm³/mol. The molecule has 0 saturated carbocycles. The van der Waals surface area contributed by atoms with Crippen molar-refractivity contribution in [2.45, 2.75) is 6.42 Å². The topological polar surface area (TPSA) is 90.7 Å². The lowest BCUT2D eigenvalue weighted by Gasteiger charge is -2.09. The summed E-state index contributed by atoms with van der Waals surface area (Å²) >= 11 is 5.56. The third-order valence-electron chi connectivity index (χ3n) is 3.30. The van der Waals surface area contributed by atoms with E-state index in [1.807, 2.05) is 0 Å². The van der Waals surface area contributed by atoms with E-state index >= 15 is 0 Å². The Morgan fingerprint density at radius 1 is 1.24 bits per heavy atom. The van der Waals surface area contributed by atoms with E-state index in [0.717, 1.165) is 0 Å². The molecule has 0 fully saturated rings. The van der Waals surface area contributed by atoms with Gasteiger partial charge in [-0.15, -0.1) is 11.6 Å². The van der Waals surface area contributed by atoms with Crippen LogP contribution < -0.4 is 14.8 Å². The molecule has 8 heteroatoms. The Kier molecular flexibility index (Phi) is 6.59. The first-order chi connectivity index (χ1) is 12.0. The molecule has 0 saturated heterocycles. The fraction of sp³-hybridized carbons (Fsp3) is 0.235. The maximum atomic E-state index is 12.3. The quantitative estimate of drug-likeness (QED) is 0.332. The second-order valence-corrected chi connectivity index (χ2v) is 5.39. The number of hydrogen-bond acceptors (Lipinski definition) is 5. The van der Waals surface area contributed by atoms with Crippen LogP contribution in [-0.2, 0) is 0 Å². The molecule has 0 atom stereocenters. The minimum Gasteiger partial charge on any atom is -0.497 e. The molecule has 2 aromatic carbocycles. The first kappa shape index (κ1) is 18.5. The van der Waals surface area contributed by atoms with E-state index in [4.69, 9.17) is 21.1 Å². The third-order valence-corrected chi connectivity index (χ3v) is 3.57. The second-order valence-electron chi connectivity index (χ2n) is 5.01. The summed E-state index contributed by atoms with van der Waals surface area (Å²) < 4.78 is 10.4. The highest BCUT2D eigenvalue weighted by atomic mass is 35.5. The van der Waals surface area contributed by atoms with Crippen LogP contribution in [0.15, 0.2) is 42.5 Å². The number of nitro benzene ring substituents is 1. The van der Waals surface area contributed by atoms with Crippen LogP contribution in [0.5, 0.6) is 11.5 Å². The number of ether oxygens (including phenoxy) is 2. The Balaban J connectivity index is 2.15. The minimum atomic E-state index is -0.583. The zero-order valence-corrected chi connectivity index (χ0v) is 14.3. The van der Waals surface area contributed by atoms with Crippen molar-refractivity contribution in [3.05, 3.63) is 58.1 Å². The van der Waals surface area contributed by atoms with E-state index < -0.39 is 10.8 Å². The maximum absolute atomic E-state index is 12.3. The van der Waals surface area contributed by atoms with Crippen LogP contribution in [0.2, 0.25) is 0 Å². The number of carbonyl (C=O) groups is 1. The first-order valence-electron chi connectivity index (χ1n) is 7.47. The summed E-state index contributed by atoms with van der Waals surface area (Å²) in [5, 5.41) is 13.9. The summed E-state index contributed by atoms with van der Waals surface area (Å²) in [5.41, 5.74) is 0.444. The summed E-state index contributed by atoms with van der Waals surface area (Å²) in [6.45, 7) is 0.266. The van der Waals surface area contributed by atoms with Crippen LogP contribution in [0.3, 0.4) is 0 Å². The number of rotatable bonds is 8. The highest BCUT2D eigenvalue weighted by molar-refractivity contribution is 6.17. The van der Waals surface area contributed by atoms with E-state index in [9.17, 15) is 14.9 Å². The number of halogens is 1. The van der Waals surface area contributed by atoms with Crippen LogP contribution in [0.1, 0.15) is 16.8 Å². The van der Waals surface area contributed by atoms with Gasteiger partial charge in [-0.25, -0.2) is 0 Å². The lowest BCUT2D eigenvalue weighted by Crippen LogP contribution is -2.12. The van der Waals surface area contributed by atoms with E-state index in [0.29, 0.717) is 23.7 Å². The number of methoxy groups -OCH3 is 1. The lowest BCUT2D eigenvalue weighted by atomic mass is 10.1. The molecule has 2 aromatic rings. The molecule has 1 amide bonds. The van der Waals surface area contributed by atoms with Crippen molar-refractivity contribution in [3.8, 4) is 11.5 Å². The van der Waals surface area contributed by atoms with Gasteiger partial charge < -0.3 is 14.8 Å². The number of carbonyl (C=O) groups excluding carboxylic acids is 1. The number of hydrogen-bond donors (Lipinski definition) is 1. The predicted octanol–water partition coefficient (Wildman–Crippen LogP) is 3.86. The van der Waals surface area contributed by atoms with Gasteiger partial charge in [0.1, 0.15) is 5.75 Å². The van der Waals surface area contributed by atoms with Crippen molar-refractivity contribution >= 4 is 28.9 Å². The summed E-state index contributed by atoms with van der Waals surface area (Å²) in [6.07, 6.45) is 0.568. The number of benzene rings is 2. The molecule has 0 radical (unpaired) electrons. The van der Waals surface area contributed by atoms with Gasteiger partial charge in [-0.05, 0) is 42.8 Å². The maximum Gasteiger partial charge on any atom is 0.311 e. The van der Waals surface area contributed by atoms with E-state index in [1.54, 1.807) is 31.4 Å². The normalized spacial score (nSPS) is 10.2. The monoisotopic (exact) mass is 364 g/mol. The molecule has 1 N–H and O–H groups in total. The summed E-state index contributed by atoms with van der Waals surface area (Å²) in [6, 6.07) is 10.8. The summed E-state index contributed by atoms with van der Waals surface area (Å²) in [5.74, 6) is 0.708. The smallest absolute Gasteiger partial charge is 0.311 e. The van der Waals surface area contributed by atoms with Gasteiger partial charge in [-0.3, -0.25) is 14.9 Å². The molecule has 0 heterocycles. The standard InChI is InChI=1S/C17H17ClN2O5/c1-24-14-6-4-13(5-7-14)19-17(21)12-3-8-16(25-10-2-9-18)15(11-12)20(22)23/h3-8,11H,2,9-10H2,1H3,(H,19,21). The fourth-order valence-electron chi connectivity index (χ4n) is 2.04. The van der Waals surface area contributed by atoms with Crippen LogP contribution in [0, 0.1) is 10.1 Å². The first-order valence-corrected chi connectivity index (χ1v) is 8.01. The molecule has 0 bridgehead atoms. The van der Waals surface area contributed by atoms with Gasteiger partial charge in [0.15, 0.2) is 5.75 Å². The van der Waals surface area contributed by atoms with Crippen molar-refractivity contribution in [2.75, 3.05) is 24.9 Å². The molecule has 132 valence electrons. The van der Waals surface area contributed by atoms with Gasteiger partial charge in [-0.1, -0.05) is 0 Å². The highest BCUT2D eigenvalue weighted by Crippen LogP contribution is 2.28. The van der Waals surface area contributed by atoms with Crippen LogP contribution >= 0.6 is 11.6 Å². The average Bonchev–Trinajstić information content (AvgIpc) is 2.62. The summed E-state index contributed by atoms with van der Waals surface area (Å²) in [7, 11) is 1.55. The van der Waals surface area contributed by atoms with Crippen LogP contribution in [-0.4, -0.2) is 30.4 Å². The Bertz CT molecular complexity index is 749. The molecular weight excluding hydrogens is 348 g/mol.